The molecule has 0 aliphatic heterocycles. The van der Waals surface area contributed by atoms with Crippen LogP contribution in [-0.4, -0.2) is 34.9 Å². The molecule has 2 atom stereocenters. The van der Waals surface area contributed by atoms with E-state index in [9.17, 15) is 9.90 Å². The second kappa shape index (κ2) is 8.43. The van der Waals surface area contributed by atoms with Crippen molar-refractivity contribution in [2.75, 3.05) is 6.61 Å². The van der Waals surface area contributed by atoms with Crippen LogP contribution in [0, 0.1) is 0 Å². The summed E-state index contributed by atoms with van der Waals surface area (Å²) in [4.78, 5) is 11.7. The van der Waals surface area contributed by atoms with E-state index in [-0.39, 0.29) is 30.5 Å². The third-order valence-corrected chi connectivity index (χ3v) is 3.23. The molecular formula is C15H24N2O3. The van der Waals surface area contributed by atoms with E-state index >= 15 is 0 Å². The van der Waals surface area contributed by atoms with Crippen molar-refractivity contribution in [2.24, 2.45) is 0 Å². The Kier molecular flexibility index (Phi) is 6.87. The summed E-state index contributed by atoms with van der Waals surface area (Å²) < 4.78 is 0. The molecule has 1 aromatic carbocycles. The fourth-order valence-corrected chi connectivity index (χ4v) is 1.85. The number of amides is 2. The molecule has 0 heterocycles. The lowest BCUT2D eigenvalue weighted by Crippen LogP contribution is -2.46. The predicted molar refractivity (Wildman–Crippen MR) is 78.7 cm³/mol. The monoisotopic (exact) mass is 280 g/mol. The Hall–Kier alpha value is -1.75. The van der Waals surface area contributed by atoms with Gasteiger partial charge in [-0.1, -0.05) is 19.1 Å². The van der Waals surface area contributed by atoms with Crippen LogP contribution >= 0.6 is 0 Å². The van der Waals surface area contributed by atoms with Crippen LogP contribution in [-0.2, 0) is 6.42 Å². The molecule has 2 unspecified atom stereocenters. The Labute approximate surface area is 120 Å². The van der Waals surface area contributed by atoms with Crippen molar-refractivity contribution in [3.8, 4) is 5.75 Å². The fraction of sp³-hybridized carbons (Fsp3) is 0.533. The van der Waals surface area contributed by atoms with Crippen molar-refractivity contribution in [2.45, 2.75) is 45.2 Å². The maximum absolute atomic E-state index is 11.7. The summed E-state index contributed by atoms with van der Waals surface area (Å²) in [7, 11) is 0. The van der Waals surface area contributed by atoms with Gasteiger partial charge in [0.05, 0.1) is 12.6 Å². The number of benzene rings is 1. The molecule has 2 amide bonds. The Morgan fingerprint density at radius 2 is 1.90 bits per heavy atom. The second-order valence-electron chi connectivity index (χ2n) is 5.01. The van der Waals surface area contributed by atoms with Crippen LogP contribution in [0.3, 0.4) is 0 Å². The van der Waals surface area contributed by atoms with Gasteiger partial charge in [-0.3, -0.25) is 0 Å². The molecule has 0 radical (unpaired) electrons. The first-order valence-electron chi connectivity index (χ1n) is 7.01. The van der Waals surface area contributed by atoms with Crippen molar-refractivity contribution in [1.29, 1.82) is 0 Å². The van der Waals surface area contributed by atoms with Gasteiger partial charge in [0.25, 0.3) is 0 Å². The molecule has 5 nitrogen and oxygen atoms in total. The standard InChI is InChI=1S/C15H24N2O3/c1-3-13(10-18)17-15(20)16-11(2)4-5-12-6-8-14(19)9-7-12/h6-9,11,13,18-19H,3-5,10H2,1-2H3,(H2,16,17,20). The molecule has 0 aliphatic carbocycles. The molecule has 0 saturated carbocycles. The van der Waals surface area contributed by atoms with Crippen LogP contribution in [0.4, 0.5) is 4.79 Å². The molecule has 20 heavy (non-hydrogen) atoms. The third-order valence-electron chi connectivity index (χ3n) is 3.23. The van der Waals surface area contributed by atoms with E-state index < -0.39 is 0 Å². The van der Waals surface area contributed by atoms with E-state index in [1.54, 1.807) is 12.1 Å². The summed E-state index contributed by atoms with van der Waals surface area (Å²) in [5, 5.41) is 23.8. The maximum Gasteiger partial charge on any atom is 0.315 e. The van der Waals surface area contributed by atoms with Crippen molar-refractivity contribution < 1.29 is 15.0 Å². The van der Waals surface area contributed by atoms with Gasteiger partial charge in [-0.15, -0.1) is 0 Å². The number of rotatable bonds is 7. The van der Waals surface area contributed by atoms with Gasteiger partial charge in [-0.25, -0.2) is 4.79 Å². The minimum absolute atomic E-state index is 0.0417. The highest BCUT2D eigenvalue weighted by atomic mass is 16.3. The number of carbonyl (C=O) groups is 1. The van der Waals surface area contributed by atoms with Gasteiger partial charge in [0.1, 0.15) is 5.75 Å². The minimum atomic E-state index is -0.246. The average Bonchev–Trinajstić information content (AvgIpc) is 2.44. The number of hydrogen-bond donors (Lipinski definition) is 4. The minimum Gasteiger partial charge on any atom is -0.508 e. The van der Waals surface area contributed by atoms with Crippen molar-refractivity contribution >= 4 is 6.03 Å². The second-order valence-corrected chi connectivity index (χ2v) is 5.01. The largest absolute Gasteiger partial charge is 0.508 e. The van der Waals surface area contributed by atoms with Gasteiger partial charge in [0.15, 0.2) is 0 Å². The summed E-state index contributed by atoms with van der Waals surface area (Å²) in [5.74, 6) is 0.258. The normalized spacial score (nSPS) is 13.6. The zero-order valence-corrected chi connectivity index (χ0v) is 12.1. The molecule has 0 fully saturated rings. The van der Waals surface area contributed by atoms with E-state index in [4.69, 9.17) is 5.11 Å². The summed E-state index contributed by atoms with van der Waals surface area (Å²) in [5.41, 5.74) is 1.12. The number of aromatic hydroxyl groups is 1. The lowest BCUT2D eigenvalue weighted by atomic mass is 10.1. The number of phenols is 1. The number of aliphatic hydroxyl groups is 1. The molecule has 0 aromatic heterocycles. The summed E-state index contributed by atoms with van der Waals surface area (Å²) >= 11 is 0. The van der Waals surface area contributed by atoms with Gasteiger partial charge >= 0.3 is 6.03 Å². The zero-order valence-electron chi connectivity index (χ0n) is 12.1. The Morgan fingerprint density at radius 1 is 1.25 bits per heavy atom. The zero-order chi connectivity index (χ0) is 15.0. The molecule has 0 aliphatic rings. The first-order chi connectivity index (χ1) is 9.55. The van der Waals surface area contributed by atoms with Crippen molar-refractivity contribution in [3.63, 3.8) is 0 Å². The van der Waals surface area contributed by atoms with E-state index in [1.165, 1.54) is 0 Å². The number of nitrogens with one attached hydrogen (secondary N) is 2. The molecule has 0 bridgehead atoms. The topological polar surface area (TPSA) is 81.6 Å². The molecular weight excluding hydrogens is 256 g/mol. The quantitative estimate of drug-likeness (QED) is 0.614. The van der Waals surface area contributed by atoms with E-state index in [1.807, 2.05) is 26.0 Å². The van der Waals surface area contributed by atoms with Gasteiger partial charge in [-0.05, 0) is 43.9 Å². The van der Waals surface area contributed by atoms with Crippen LogP contribution < -0.4 is 10.6 Å². The maximum atomic E-state index is 11.7. The smallest absolute Gasteiger partial charge is 0.315 e. The lowest BCUT2D eigenvalue weighted by Gasteiger charge is -2.18. The van der Waals surface area contributed by atoms with Crippen LogP contribution in [0.2, 0.25) is 0 Å². The van der Waals surface area contributed by atoms with Crippen LogP contribution in [0.15, 0.2) is 24.3 Å². The molecule has 0 saturated heterocycles. The number of urea groups is 1. The van der Waals surface area contributed by atoms with Crippen molar-refractivity contribution in [1.82, 2.24) is 10.6 Å². The van der Waals surface area contributed by atoms with E-state index in [0.29, 0.717) is 6.42 Å². The Balaban J connectivity index is 2.30. The number of hydrogen-bond acceptors (Lipinski definition) is 3. The van der Waals surface area contributed by atoms with E-state index in [2.05, 4.69) is 10.6 Å². The highest BCUT2D eigenvalue weighted by molar-refractivity contribution is 5.74. The number of carbonyl (C=O) groups excluding carboxylic acids is 1. The fourth-order valence-electron chi connectivity index (χ4n) is 1.85. The highest BCUT2D eigenvalue weighted by Gasteiger charge is 2.11. The van der Waals surface area contributed by atoms with Crippen LogP contribution in [0.25, 0.3) is 0 Å². The van der Waals surface area contributed by atoms with Gasteiger partial charge in [0.2, 0.25) is 0 Å². The lowest BCUT2D eigenvalue weighted by molar-refractivity contribution is 0.212. The van der Waals surface area contributed by atoms with Crippen molar-refractivity contribution in [3.05, 3.63) is 29.8 Å². The number of aryl methyl sites for hydroxylation is 1. The molecule has 1 aromatic rings. The summed E-state index contributed by atoms with van der Waals surface area (Å²) in [6, 6.07) is 6.67. The average molecular weight is 280 g/mol. The highest BCUT2D eigenvalue weighted by Crippen LogP contribution is 2.11. The molecule has 5 heteroatoms. The van der Waals surface area contributed by atoms with Crippen LogP contribution in [0.5, 0.6) is 5.75 Å². The molecule has 112 valence electrons. The third kappa shape index (κ3) is 5.93. The SMILES string of the molecule is CCC(CO)NC(=O)NC(C)CCc1ccc(O)cc1. The van der Waals surface area contributed by atoms with Gasteiger partial charge in [-0.2, -0.15) is 0 Å². The predicted octanol–water partition coefficient (Wildman–Crippen LogP) is 1.78. The summed E-state index contributed by atoms with van der Waals surface area (Å²) in [6.07, 6.45) is 2.35. The first kappa shape index (κ1) is 16.3. The van der Waals surface area contributed by atoms with E-state index in [0.717, 1.165) is 18.4 Å². The molecule has 4 N–H and O–H groups in total. The Morgan fingerprint density at radius 3 is 2.45 bits per heavy atom. The number of phenolic OH excluding ortho intramolecular Hbond substituents is 1. The number of aliphatic hydroxyl groups excluding tert-OH is 1. The first-order valence-corrected chi connectivity index (χ1v) is 7.01. The van der Waals surface area contributed by atoms with Gasteiger partial charge < -0.3 is 20.8 Å². The van der Waals surface area contributed by atoms with Gasteiger partial charge in [0, 0.05) is 6.04 Å². The summed E-state index contributed by atoms with van der Waals surface area (Å²) in [6.45, 7) is 3.81. The Bertz CT molecular complexity index is 402. The van der Waals surface area contributed by atoms with Crippen LogP contribution in [0.1, 0.15) is 32.3 Å². The molecule has 1 rings (SSSR count). The molecule has 0 spiro atoms.